The number of esters is 1. The Kier molecular flexibility index (Phi) is 6.28. The Morgan fingerprint density at radius 2 is 1.79 bits per heavy atom. The molecule has 0 aliphatic heterocycles. The van der Waals surface area contributed by atoms with Crippen molar-refractivity contribution in [3.8, 4) is 0 Å². The zero-order valence-electron chi connectivity index (χ0n) is 10.9. The molecule has 0 aromatic rings. The molecule has 0 aliphatic rings. The molecule has 19 heavy (non-hydrogen) atoms. The van der Waals surface area contributed by atoms with Crippen molar-refractivity contribution in [2.75, 3.05) is 13.2 Å². The summed E-state index contributed by atoms with van der Waals surface area (Å²) in [6.45, 7) is 3.36. The Balaban J connectivity index is 5.04. The van der Waals surface area contributed by atoms with E-state index in [1.165, 1.54) is 20.8 Å². The summed E-state index contributed by atoms with van der Waals surface area (Å²) >= 11 is 0. The third kappa shape index (κ3) is 4.70. The molecule has 1 N–H and O–H groups in total. The van der Waals surface area contributed by atoms with Gasteiger partial charge in [0.2, 0.25) is 0 Å². The van der Waals surface area contributed by atoms with Crippen molar-refractivity contribution in [3.05, 3.63) is 0 Å². The molecule has 0 fully saturated rings. The number of hydrogen-bond acceptors (Lipinski definition) is 4. The molecular formula is C11H17F3O5. The second-order valence-electron chi connectivity index (χ2n) is 4.20. The molecule has 0 amide bonds. The van der Waals surface area contributed by atoms with Gasteiger partial charge in [0, 0.05) is 0 Å². The third-order valence-corrected chi connectivity index (χ3v) is 2.77. The van der Waals surface area contributed by atoms with Gasteiger partial charge in [-0.2, -0.15) is 0 Å². The predicted octanol–water partition coefficient (Wildman–Crippen LogP) is 2.20. The lowest BCUT2D eigenvalue weighted by Crippen LogP contribution is -2.46. The number of halogens is 3. The summed E-state index contributed by atoms with van der Waals surface area (Å²) < 4.78 is 43.9. The average molecular weight is 286 g/mol. The molecule has 0 saturated carbocycles. The zero-order valence-corrected chi connectivity index (χ0v) is 10.9. The van der Waals surface area contributed by atoms with E-state index in [1.807, 2.05) is 0 Å². The number of carbonyl (C=O) groups excluding carboxylic acids is 1. The number of ether oxygens (including phenoxy) is 2. The second kappa shape index (κ2) is 6.74. The van der Waals surface area contributed by atoms with E-state index in [4.69, 9.17) is 0 Å². The zero-order chi connectivity index (χ0) is 15.3. The molecule has 1 unspecified atom stereocenters. The Morgan fingerprint density at radius 3 is 2.11 bits per heavy atom. The number of hydrogen-bond donors (Lipinski definition) is 1. The standard InChI is InChI=1S/C11H17F3O5/c1-4-18-9(17)10(7(2)3,8(15)16)5-6-19-11(12,13)14/h7H,4-6H2,1-3H3,(H,15,16). The quantitative estimate of drug-likeness (QED) is 0.573. The maximum atomic E-state index is 11.9. The molecular weight excluding hydrogens is 269 g/mol. The highest BCUT2D eigenvalue weighted by Crippen LogP contribution is 2.34. The highest BCUT2D eigenvalue weighted by Gasteiger charge is 2.50. The summed E-state index contributed by atoms with van der Waals surface area (Å²) in [7, 11) is 0. The number of aliphatic carboxylic acids is 1. The van der Waals surface area contributed by atoms with E-state index in [-0.39, 0.29) is 6.61 Å². The molecule has 0 heterocycles. The van der Waals surface area contributed by atoms with Gasteiger partial charge in [0.15, 0.2) is 5.41 Å². The van der Waals surface area contributed by atoms with E-state index in [0.29, 0.717) is 0 Å². The summed E-state index contributed by atoms with van der Waals surface area (Å²) in [6, 6.07) is 0. The maximum absolute atomic E-state index is 11.9. The van der Waals surface area contributed by atoms with E-state index in [2.05, 4.69) is 9.47 Å². The monoisotopic (exact) mass is 286 g/mol. The number of carboxylic acids is 1. The first-order chi connectivity index (χ1) is 8.58. The van der Waals surface area contributed by atoms with Crippen molar-refractivity contribution in [2.45, 2.75) is 33.6 Å². The summed E-state index contributed by atoms with van der Waals surface area (Å²) in [5, 5.41) is 9.18. The van der Waals surface area contributed by atoms with Crippen LogP contribution < -0.4 is 0 Å². The van der Waals surface area contributed by atoms with Gasteiger partial charge in [-0.3, -0.25) is 14.3 Å². The van der Waals surface area contributed by atoms with E-state index in [1.54, 1.807) is 0 Å². The Hall–Kier alpha value is -1.31. The molecule has 8 heteroatoms. The first kappa shape index (κ1) is 17.7. The molecule has 0 aromatic heterocycles. The van der Waals surface area contributed by atoms with Crippen LogP contribution in [0.2, 0.25) is 0 Å². The van der Waals surface area contributed by atoms with E-state index in [9.17, 15) is 27.9 Å². The van der Waals surface area contributed by atoms with Crippen LogP contribution in [0.3, 0.4) is 0 Å². The van der Waals surface area contributed by atoms with E-state index < -0.39 is 42.7 Å². The van der Waals surface area contributed by atoms with Crippen LogP contribution in [-0.2, 0) is 19.1 Å². The smallest absolute Gasteiger partial charge is 0.480 e. The lowest BCUT2D eigenvalue weighted by Gasteiger charge is -2.30. The van der Waals surface area contributed by atoms with Crippen LogP contribution in [-0.4, -0.2) is 36.6 Å². The lowest BCUT2D eigenvalue weighted by atomic mass is 9.74. The van der Waals surface area contributed by atoms with Crippen molar-refractivity contribution in [1.82, 2.24) is 0 Å². The highest BCUT2D eigenvalue weighted by atomic mass is 19.4. The molecule has 0 rings (SSSR count). The first-order valence-electron chi connectivity index (χ1n) is 5.69. The Labute approximate surface area is 108 Å². The fourth-order valence-electron chi connectivity index (χ4n) is 1.66. The molecule has 0 spiro atoms. The normalized spacial score (nSPS) is 15.1. The second-order valence-corrected chi connectivity index (χ2v) is 4.20. The fourth-order valence-corrected chi connectivity index (χ4v) is 1.66. The fraction of sp³-hybridized carbons (Fsp3) is 0.818. The number of rotatable bonds is 7. The molecule has 112 valence electrons. The van der Waals surface area contributed by atoms with Gasteiger partial charge in [0.25, 0.3) is 0 Å². The summed E-state index contributed by atoms with van der Waals surface area (Å²) in [6.07, 6.45) is -5.48. The van der Waals surface area contributed by atoms with Crippen molar-refractivity contribution in [2.24, 2.45) is 11.3 Å². The number of carbonyl (C=O) groups is 2. The van der Waals surface area contributed by atoms with Crippen molar-refractivity contribution in [3.63, 3.8) is 0 Å². The molecule has 0 saturated heterocycles. The van der Waals surface area contributed by atoms with Gasteiger partial charge in [0.05, 0.1) is 13.2 Å². The minimum Gasteiger partial charge on any atom is -0.480 e. The largest absolute Gasteiger partial charge is 0.522 e. The molecule has 0 bridgehead atoms. The lowest BCUT2D eigenvalue weighted by molar-refractivity contribution is -0.326. The van der Waals surface area contributed by atoms with Crippen molar-refractivity contribution < 1.29 is 37.3 Å². The summed E-state index contributed by atoms with van der Waals surface area (Å²) in [4.78, 5) is 23.1. The average Bonchev–Trinajstić information content (AvgIpc) is 2.21. The molecule has 5 nitrogen and oxygen atoms in total. The Bertz CT molecular complexity index is 327. The number of alkyl halides is 3. The van der Waals surface area contributed by atoms with Gasteiger partial charge in [-0.25, -0.2) is 0 Å². The van der Waals surface area contributed by atoms with Crippen LogP contribution >= 0.6 is 0 Å². The van der Waals surface area contributed by atoms with Gasteiger partial charge in [0.1, 0.15) is 0 Å². The van der Waals surface area contributed by atoms with Crippen LogP contribution in [0.15, 0.2) is 0 Å². The predicted molar refractivity (Wildman–Crippen MR) is 58.2 cm³/mol. The van der Waals surface area contributed by atoms with Gasteiger partial charge in [-0.05, 0) is 19.3 Å². The maximum Gasteiger partial charge on any atom is 0.522 e. The highest BCUT2D eigenvalue weighted by molar-refractivity contribution is 5.99. The SMILES string of the molecule is CCOC(=O)C(CCOC(F)(F)F)(C(=O)O)C(C)C. The first-order valence-corrected chi connectivity index (χ1v) is 5.69. The molecule has 0 radical (unpaired) electrons. The topological polar surface area (TPSA) is 72.8 Å². The van der Waals surface area contributed by atoms with Gasteiger partial charge in [-0.15, -0.1) is 13.2 Å². The summed E-state index contributed by atoms with van der Waals surface area (Å²) in [5.41, 5.74) is -2.04. The van der Waals surface area contributed by atoms with Crippen LogP contribution in [0.4, 0.5) is 13.2 Å². The van der Waals surface area contributed by atoms with Crippen molar-refractivity contribution >= 4 is 11.9 Å². The van der Waals surface area contributed by atoms with Gasteiger partial charge >= 0.3 is 18.3 Å². The molecule has 0 aliphatic carbocycles. The van der Waals surface area contributed by atoms with E-state index in [0.717, 1.165) is 0 Å². The molecule has 1 atom stereocenters. The third-order valence-electron chi connectivity index (χ3n) is 2.77. The van der Waals surface area contributed by atoms with Crippen LogP contribution in [0.1, 0.15) is 27.2 Å². The van der Waals surface area contributed by atoms with Crippen LogP contribution in [0, 0.1) is 11.3 Å². The minimum absolute atomic E-state index is 0.0548. The van der Waals surface area contributed by atoms with Crippen LogP contribution in [0.5, 0.6) is 0 Å². The van der Waals surface area contributed by atoms with E-state index >= 15 is 0 Å². The van der Waals surface area contributed by atoms with Crippen LogP contribution in [0.25, 0.3) is 0 Å². The van der Waals surface area contributed by atoms with Crippen molar-refractivity contribution in [1.29, 1.82) is 0 Å². The van der Waals surface area contributed by atoms with Gasteiger partial charge in [-0.1, -0.05) is 13.8 Å². The molecule has 0 aromatic carbocycles. The Morgan fingerprint density at radius 1 is 1.26 bits per heavy atom. The van der Waals surface area contributed by atoms with Gasteiger partial charge < -0.3 is 9.84 Å². The number of carboxylic acid groups (broad SMARTS) is 1. The summed E-state index contributed by atoms with van der Waals surface area (Å²) in [5.74, 6) is -3.31. The minimum atomic E-state index is -4.87.